The maximum absolute atomic E-state index is 13.8. The van der Waals surface area contributed by atoms with Gasteiger partial charge in [-0.3, -0.25) is 4.98 Å². The Kier molecular flexibility index (Phi) is 6.21. The van der Waals surface area contributed by atoms with Crippen LogP contribution in [-0.4, -0.2) is 36.5 Å². The molecule has 1 aromatic carbocycles. The number of rotatable bonds is 6. The fraction of sp³-hybridized carbons (Fsp3) is 0.294. The summed E-state index contributed by atoms with van der Waals surface area (Å²) < 4.78 is 45.2. The third-order valence-corrected chi connectivity index (χ3v) is 3.56. The summed E-state index contributed by atoms with van der Waals surface area (Å²) >= 11 is 0. The second-order valence-corrected chi connectivity index (χ2v) is 5.37. The van der Waals surface area contributed by atoms with Crippen LogP contribution in [-0.2, 0) is 6.54 Å². The minimum atomic E-state index is -2.90. The molecule has 1 atom stereocenters. The smallest absolute Gasteiger partial charge is 0.318 e. The Hall–Kier alpha value is -2.77. The number of nitrogens with zero attached hydrogens (tertiary/aromatic N) is 2. The quantitative estimate of drug-likeness (QED) is 0.866. The second kappa shape index (κ2) is 8.36. The predicted molar refractivity (Wildman–Crippen MR) is 85.9 cm³/mol. The van der Waals surface area contributed by atoms with Crippen LogP contribution in [0.25, 0.3) is 0 Å². The molecule has 0 bridgehead atoms. The third kappa shape index (κ3) is 4.85. The van der Waals surface area contributed by atoms with E-state index in [9.17, 15) is 18.0 Å². The molecule has 8 heteroatoms. The average molecular weight is 353 g/mol. The largest absolute Gasteiger partial charge is 0.494 e. The van der Waals surface area contributed by atoms with Gasteiger partial charge in [0.2, 0.25) is 0 Å². The van der Waals surface area contributed by atoms with Gasteiger partial charge in [-0.15, -0.1) is 0 Å². The maximum atomic E-state index is 13.8. The molecule has 2 rings (SSSR count). The summed E-state index contributed by atoms with van der Waals surface area (Å²) in [6.45, 7) is 0.201. The molecule has 0 saturated heterocycles. The van der Waals surface area contributed by atoms with E-state index in [0.29, 0.717) is 0 Å². The van der Waals surface area contributed by atoms with E-state index in [2.05, 4.69) is 10.3 Å². The van der Waals surface area contributed by atoms with E-state index >= 15 is 0 Å². The number of pyridine rings is 1. The number of methoxy groups -OCH3 is 1. The lowest BCUT2D eigenvalue weighted by molar-refractivity contribution is 0.0971. The lowest BCUT2D eigenvalue weighted by Crippen LogP contribution is -2.41. The summed E-state index contributed by atoms with van der Waals surface area (Å²) in [7, 11) is 2.75. The van der Waals surface area contributed by atoms with Crippen molar-refractivity contribution in [2.75, 3.05) is 14.2 Å². The van der Waals surface area contributed by atoms with E-state index in [0.717, 1.165) is 11.6 Å². The van der Waals surface area contributed by atoms with Gasteiger partial charge in [0.1, 0.15) is 6.04 Å². The van der Waals surface area contributed by atoms with Crippen LogP contribution in [0.5, 0.6) is 5.75 Å². The van der Waals surface area contributed by atoms with Crippen molar-refractivity contribution in [3.8, 4) is 5.75 Å². The SMILES string of the molecule is COc1ccc(C(NC(=O)N(C)Cc2cccnc2)C(F)F)cc1F. The predicted octanol–water partition coefficient (Wildman–Crippen LogP) is 3.38. The minimum absolute atomic E-state index is 0.0450. The van der Waals surface area contributed by atoms with Crippen molar-refractivity contribution in [3.05, 3.63) is 59.7 Å². The molecule has 25 heavy (non-hydrogen) atoms. The number of halogens is 3. The van der Waals surface area contributed by atoms with E-state index in [-0.39, 0.29) is 17.9 Å². The highest BCUT2D eigenvalue weighted by Crippen LogP contribution is 2.26. The molecule has 0 aliphatic heterocycles. The molecule has 0 aliphatic rings. The fourth-order valence-electron chi connectivity index (χ4n) is 2.25. The van der Waals surface area contributed by atoms with Gasteiger partial charge >= 0.3 is 6.03 Å². The molecule has 134 valence electrons. The van der Waals surface area contributed by atoms with Gasteiger partial charge in [-0.1, -0.05) is 12.1 Å². The van der Waals surface area contributed by atoms with E-state index in [1.807, 2.05) is 0 Å². The zero-order chi connectivity index (χ0) is 18.4. The normalized spacial score (nSPS) is 11.9. The number of benzene rings is 1. The number of amides is 2. The first-order valence-electron chi connectivity index (χ1n) is 7.44. The Labute approximate surface area is 143 Å². The first-order chi connectivity index (χ1) is 11.9. The maximum Gasteiger partial charge on any atom is 0.318 e. The molecule has 1 heterocycles. The molecule has 1 aromatic heterocycles. The number of nitrogens with one attached hydrogen (secondary N) is 1. The molecule has 2 aromatic rings. The van der Waals surface area contributed by atoms with E-state index in [4.69, 9.17) is 4.74 Å². The Morgan fingerprint density at radius 3 is 2.68 bits per heavy atom. The number of hydrogen-bond acceptors (Lipinski definition) is 3. The molecular weight excluding hydrogens is 335 g/mol. The van der Waals surface area contributed by atoms with Gasteiger partial charge in [0, 0.05) is 26.0 Å². The number of aromatic nitrogens is 1. The first kappa shape index (κ1) is 18.6. The minimum Gasteiger partial charge on any atom is -0.494 e. The molecule has 0 saturated carbocycles. The number of urea groups is 1. The van der Waals surface area contributed by atoms with Gasteiger partial charge in [0.25, 0.3) is 6.43 Å². The number of ether oxygens (including phenoxy) is 1. The van der Waals surface area contributed by atoms with Crippen molar-refractivity contribution in [2.24, 2.45) is 0 Å². The molecule has 0 spiro atoms. The molecule has 0 radical (unpaired) electrons. The van der Waals surface area contributed by atoms with Gasteiger partial charge in [-0.05, 0) is 29.3 Å². The molecule has 1 N–H and O–H groups in total. The average Bonchev–Trinajstić information content (AvgIpc) is 2.60. The van der Waals surface area contributed by atoms with Gasteiger partial charge in [0.05, 0.1) is 7.11 Å². The van der Waals surface area contributed by atoms with Crippen LogP contribution < -0.4 is 10.1 Å². The zero-order valence-corrected chi connectivity index (χ0v) is 13.7. The molecule has 1 unspecified atom stereocenters. The number of alkyl halides is 2. The Bertz CT molecular complexity index is 714. The van der Waals surface area contributed by atoms with Crippen molar-refractivity contribution < 1.29 is 22.7 Å². The molecule has 5 nitrogen and oxygen atoms in total. The Morgan fingerprint density at radius 1 is 1.36 bits per heavy atom. The van der Waals surface area contributed by atoms with Crippen molar-refractivity contribution in [2.45, 2.75) is 19.0 Å². The molecule has 0 aliphatic carbocycles. The highest BCUT2D eigenvalue weighted by molar-refractivity contribution is 5.74. The van der Waals surface area contributed by atoms with Gasteiger partial charge in [-0.2, -0.15) is 0 Å². The van der Waals surface area contributed by atoms with E-state index < -0.39 is 24.3 Å². The monoisotopic (exact) mass is 353 g/mol. The highest BCUT2D eigenvalue weighted by atomic mass is 19.3. The van der Waals surface area contributed by atoms with Gasteiger partial charge in [-0.25, -0.2) is 18.0 Å². The van der Waals surface area contributed by atoms with Crippen molar-refractivity contribution in [1.82, 2.24) is 15.2 Å². The topological polar surface area (TPSA) is 54.5 Å². The summed E-state index contributed by atoms with van der Waals surface area (Å²) in [6.07, 6.45) is 0.269. The third-order valence-electron chi connectivity index (χ3n) is 3.56. The van der Waals surface area contributed by atoms with Gasteiger partial charge in [0.15, 0.2) is 11.6 Å². The van der Waals surface area contributed by atoms with Crippen LogP contribution in [0.3, 0.4) is 0 Å². The molecule has 2 amide bonds. The Balaban J connectivity index is 2.10. The summed E-state index contributed by atoms with van der Waals surface area (Å²) in [5.41, 5.74) is 0.709. The second-order valence-electron chi connectivity index (χ2n) is 5.37. The summed E-state index contributed by atoms with van der Waals surface area (Å²) in [5.74, 6) is -0.833. The van der Waals surface area contributed by atoms with Crippen molar-refractivity contribution in [1.29, 1.82) is 0 Å². The molecule has 0 fully saturated rings. The van der Waals surface area contributed by atoms with E-state index in [1.54, 1.807) is 24.5 Å². The summed E-state index contributed by atoms with van der Waals surface area (Å²) in [6, 6.07) is 4.60. The van der Waals surface area contributed by atoms with Crippen molar-refractivity contribution in [3.63, 3.8) is 0 Å². The zero-order valence-electron chi connectivity index (χ0n) is 13.7. The van der Waals surface area contributed by atoms with Crippen LogP contribution in [0.1, 0.15) is 17.2 Å². The van der Waals surface area contributed by atoms with Crippen LogP contribution in [0.2, 0.25) is 0 Å². The molecular formula is C17H18F3N3O2. The summed E-state index contributed by atoms with van der Waals surface area (Å²) in [4.78, 5) is 17.4. The standard InChI is InChI=1S/C17H18F3N3O2/c1-23(10-11-4-3-7-21-9-11)17(24)22-15(16(19)20)12-5-6-14(25-2)13(18)8-12/h3-9,15-16H,10H2,1-2H3,(H,22,24). The number of carbonyl (C=O) groups excluding carboxylic acids is 1. The lowest BCUT2D eigenvalue weighted by atomic mass is 10.1. The number of carbonyl (C=O) groups is 1. The van der Waals surface area contributed by atoms with Crippen LogP contribution in [0.4, 0.5) is 18.0 Å². The first-order valence-corrected chi connectivity index (χ1v) is 7.44. The van der Waals surface area contributed by atoms with E-state index in [1.165, 1.54) is 31.2 Å². The lowest BCUT2D eigenvalue weighted by Gasteiger charge is -2.23. The van der Waals surface area contributed by atoms with Crippen molar-refractivity contribution >= 4 is 6.03 Å². The summed E-state index contributed by atoms with van der Waals surface area (Å²) in [5, 5.41) is 2.23. The van der Waals surface area contributed by atoms with Crippen LogP contribution >= 0.6 is 0 Å². The van der Waals surface area contributed by atoms with Crippen LogP contribution in [0, 0.1) is 5.82 Å². The Morgan fingerprint density at radius 2 is 2.12 bits per heavy atom. The van der Waals surface area contributed by atoms with Gasteiger partial charge < -0.3 is 15.0 Å². The highest BCUT2D eigenvalue weighted by Gasteiger charge is 2.26. The number of hydrogen-bond donors (Lipinski definition) is 1. The van der Waals surface area contributed by atoms with Crippen LogP contribution in [0.15, 0.2) is 42.7 Å². The fourth-order valence-corrected chi connectivity index (χ4v) is 2.25.